The van der Waals surface area contributed by atoms with Crippen LogP contribution in [0.25, 0.3) is 10.8 Å². The van der Waals surface area contributed by atoms with E-state index in [2.05, 4.69) is 71.7 Å². The molecule has 4 rings (SSSR count). The van der Waals surface area contributed by atoms with Gasteiger partial charge in [-0.2, -0.15) is 0 Å². The zero-order valence-electron chi connectivity index (χ0n) is 16.5. The Bertz CT molecular complexity index is 924. The molecule has 28 heavy (non-hydrogen) atoms. The summed E-state index contributed by atoms with van der Waals surface area (Å²) >= 11 is 0. The molecule has 1 N–H and O–H groups in total. The van der Waals surface area contributed by atoms with Crippen molar-refractivity contribution in [2.45, 2.75) is 32.4 Å². The van der Waals surface area contributed by atoms with Crippen molar-refractivity contribution in [2.75, 3.05) is 13.1 Å². The van der Waals surface area contributed by atoms with Gasteiger partial charge in [0.2, 0.25) is 5.91 Å². The van der Waals surface area contributed by atoms with E-state index in [1.807, 2.05) is 18.2 Å². The minimum atomic E-state index is 0.125. The van der Waals surface area contributed by atoms with Gasteiger partial charge in [0.1, 0.15) is 0 Å². The number of fused-ring (bicyclic) bond motifs is 1. The number of carbonyl (C=O) groups is 1. The fraction of sp³-hybridized carbons (Fsp3) is 0.320. The first-order chi connectivity index (χ1) is 13.7. The van der Waals surface area contributed by atoms with E-state index in [1.165, 1.54) is 16.3 Å². The lowest BCUT2D eigenvalue weighted by molar-refractivity contribution is -0.126. The van der Waals surface area contributed by atoms with E-state index in [9.17, 15) is 4.79 Å². The van der Waals surface area contributed by atoms with Crippen molar-refractivity contribution in [1.82, 2.24) is 10.2 Å². The molecule has 0 radical (unpaired) electrons. The van der Waals surface area contributed by atoms with Gasteiger partial charge in [0.15, 0.2) is 0 Å². The van der Waals surface area contributed by atoms with Crippen molar-refractivity contribution in [3.05, 3.63) is 83.9 Å². The van der Waals surface area contributed by atoms with Crippen molar-refractivity contribution in [2.24, 2.45) is 5.92 Å². The summed E-state index contributed by atoms with van der Waals surface area (Å²) in [5.41, 5.74) is 2.53. The van der Waals surface area contributed by atoms with E-state index in [0.717, 1.165) is 31.5 Å². The first-order valence-electron chi connectivity index (χ1n) is 10.3. The Morgan fingerprint density at radius 3 is 2.43 bits per heavy atom. The van der Waals surface area contributed by atoms with E-state index >= 15 is 0 Å². The van der Waals surface area contributed by atoms with E-state index in [0.29, 0.717) is 12.6 Å². The van der Waals surface area contributed by atoms with Crippen LogP contribution in [-0.2, 0) is 11.3 Å². The van der Waals surface area contributed by atoms with Gasteiger partial charge in [-0.05, 0) is 54.8 Å². The third-order valence-electron chi connectivity index (χ3n) is 6.03. The summed E-state index contributed by atoms with van der Waals surface area (Å²) in [6, 6.07) is 25.6. The van der Waals surface area contributed by atoms with Crippen molar-refractivity contribution >= 4 is 16.7 Å². The zero-order valence-corrected chi connectivity index (χ0v) is 16.5. The summed E-state index contributed by atoms with van der Waals surface area (Å²) in [6.07, 6.45) is 1.85. The topological polar surface area (TPSA) is 32.3 Å². The van der Waals surface area contributed by atoms with E-state index in [-0.39, 0.29) is 11.8 Å². The monoisotopic (exact) mass is 372 g/mol. The number of likely N-dealkylation sites (tertiary alicyclic amines) is 1. The number of amides is 1. The maximum absolute atomic E-state index is 12.6. The van der Waals surface area contributed by atoms with Crippen molar-refractivity contribution in [1.29, 1.82) is 0 Å². The van der Waals surface area contributed by atoms with Crippen LogP contribution in [0, 0.1) is 5.92 Å². The maximum atomic E-state index is 12.6. The van der Waals surface area contributed by atoms with Crippen molar-refractivity contribution in [3.63, 3.8) is 0 Å². The fourth-order valence-corrected chi connectivity index (χ4v) is 4.29. The molecule has 1 aliphatic rings. The van der Waals surface area contributed by atoms with E-state index < -0.39 is 0 Å². The molecular weight excluding hydrogens is 344 g/mol. The maximum Gasteiger partial charge on any atom is 0.223 e. The summed E-state index contributed by atoms with van der Waals surface area (Å²) in [5, 5.41) is 5.74. The number of nitrogens with one attached hydrogen (secondary N) is 1. The summed E-state index contributed by atoms with van der Waals surface area (Å²) in [6.45, 7) is 4.84. The van der Waals surface area contributed by atoms with Gasteiger partial charge in [0.25, 0.3) is 0 Å². The lowest BCUT2D eigenvalue weighted by Crippen LogP contribution is -2.41. The number of hydrogen-bond donors (Lipinski definition) is 1. The van der Waals surface area contributed by atoms with Gasteiger partial charge < -0.3 is 5.32 Å². The summed E-state index contributed by atoms with van der Waals surface area (Å²) < 4.78 is 0. The Kier molecular flexibility index (Phi) is 5.73. The second-order valence-electron chi connectivity index (χ2n) is 7.76. The van der Waals surface area contributed by atoms with Crippen LogP contribution >= 0.6 is 0 Å². The molecule has 0 aromatic heterocycles. The molecule has 0 aliphatic carbocycles. The van der Waals surface area contributed by atoms with E-state index in [4.69, 9.17) is 0 Å². The predicted octanol–water partition coefficient (Wildman–Crippen LogP) is 4.93. The molecule has 1 atom stereocenters. The van der Waals surface area contributed by atoms with Crippen LogP contribution in [0.2, 0.25) is 0 Å². The Morgan fingerprint density at radius 2 is 1.64 bits per heavy atom. The molecule has 3 aromatic rings. The first-order valence-corrected chi connectivity index (χ1v) is 10.3. The second-order valence-corrected chi connectivity index (χ2v) is 7.76. The average Bonchev–Trinajstić information content (AvgIpc) is 2.77. The van der Waals surface area contributed by atoms with Gasteiger partial charge in [-0.3, -0.25) is 9.69 Å². The molecule has 3 nitrogen and oxygen atoms in total. The van der Waals surface area contributed by atoms with Crippen LogP contribution in [0.15, 0.2) is 72.8 Å². The van der Waals surface area contributed by atoms with Crippen molar-refractivity contribution in [3.8, 4) is 0 Å². The van der Waals surface area contributed by atoms with Crippen molar-refractivity contribution < 1.29 is 4.79 Å². The summed E-state index contributed by atoms with van der Waals surface area (Å²) in [5.74, 6) is 0.320. The number of piperidine rings is 1. The van der Waals surface area contributed by atoms with Crippen LogP contribution in [0.4, 0.5) is 0 Å². The zero-order chi connectivity index (χ0) is 19.3. The first kappa shape index (κ1) is 18.7. The standard InChI is InChI=1S/C25H28N2O/c1-19(23-13-7-11-21-10-5-6-12-24(21)23)27-16-14-22(15-17-27)25(28)26-18-20-8-3-2-4-9-20/h2-13,19,22H,14-18H2,1H3,(H,26,28)/t19-/m1/s1. The minimum Gasteiger partial charge on any atom is -0.352 e. The third-order valence-corrected chi connectivity index (χ3v) is 6.03. The minimum absolute atomic E-state index is 0.125. The lowest BCUT2D eigenvalue weighted by atomic mass is 9.92. The lowest BCUT2D eigenvalue weighted by Gasteiger charge is -2.36. The molecular formula is C25H28N2O. The van der Waals surface area contributed by atoms with Crippen LogP contribution in [0.1, 0.15) is 36.9 Å². The second kappa shape index (κ2) is 8.57. The molecule has 0 spiro atoms. The normalized spacial score (nSPS) is 16.8. The Labute approximate surface area is 167 Å². The Morgan fingerprint density at radius 1 is 0.964 bits per heavy atom. The number of nitrogens with zero attached hydrogens (tertiary/aromatic N) is 1. The number of rotatable bonds is 5. The fourth-order valence-electron chi connectivity index (χ4n) is 4.29. The smallest absolute Gasteiger partial charge is 0.223 e. The Balaban J connectivity index is 1.35. The molecule has 3 heteroatoms. The highest BCUT2D eigenvalue weighted by molar-refractivity contribution is 5.86. The molecule has 0 saturated carbocycles. The van der Waals surface area contributed by atoms with Gasteiger partial charge in [-0.25, -0.2) is 0 Å². The predicted molar refractivity (Wildman–Crippen MR) is 115 cm³/mol. The number of benzene rings is 3. The van der Waals surface area contributed by atoms with Gasteiger partial charge in [-0.1, -0.05) is 72.8 Å². The summed E-state index contributed by atoms with van der Waals surface area (Å²) in [7, 11) is 0. The molecule has 1 amide bonds. The highest BCUT2D eigenvalue weighted by Crippen LogP contribution is 2.31. The molecule has 1 heterocycles. The van der Waals surface area contributed by atoms with Gasteiger partial charge in [0, 0.05) is 18.5 Å². The number of hydrogen-bond acceptors (Lipinski definition) is 2. The molecule has 144 valence electrons. The molecule has 1 saturated heterocycles. The molecule has 0 bridgehead atoms. The SMILES string of the molecule is C[C@H](c1cccc2ccccc12)N1CCC(C(=O)NCc2ccccc2)CC1. The third kappa shape index (κ3) is 4.10. The van der Waals surface area contributed by atoms with Gasteiger partial charge in [0.05, 0.1) is 0 Å². The quantitative estimate of drug-likeness (QED) is 0.689. The van der Waals surface area contributed by atoms with Crippen LogP contribution < -0.4 is 5.32 Å². The van der Waals surface area contributed by atoms with Crippen LogP contribution in [-0.4, -0.2) is 23.9 Å². The molecule has 0 unspecified atom stereocenters. The largest absolute Gasteiger partial charge is 0.352 e. The molecule has 1 fully saturated rings. The van der Waals surface area contributed by atoms with Crippen LogP contribution in [0.5, 0.6) is 0 Å². The molecule has 3 aromatic carbocycles. The molecule has 1 aliphatic heterocycles. The van der Waals surface area contributed by atoms with Gasteiger partial charge >= 0.3 is 0 Å². The van der Waals surface area contributed by atoms with E-state index in [1.54, 1.807) is 0 Å². The Hall–Kier alpha value is -2.65. The van der Waals surface area contributed by atoms with Gasteiger partial charge in [-0.15, -0.1) is 0 Å². The highest BCUT2D eigenvalue weighted by atomic mass is 16.1. The average molecular weight is 373 g/mol. The number of carbonyl (C=O) groups excluding carboxylic acids is 1. The highest BCUT2D eigenvalue weighted by Gasteiger charge is 2.28. The van der Waals surface area contributed by atoms with Crippen LogP contribution in [0.3, 0.4) is 0 Å². The summed E-state index contributed by atoms with van der Waals surface area (Å²) in [4.78, 5) is 15.1.